The van der Waals surface area contributed by atoms with Crippen molar-refractivity contribution in [2.45, 2.75) is 61.8 Å². The average molecular weight is 375 g/mol. The molecule has 0 bridgehead atoms. The van der Waals surface area contributed by atoms with Crippen LogP contribution in [0.5, 0.6) is 0 Å². The molecule has 0 aliphatic carbocycles. The van der Waals surface area contributed by atoms with E-state index in [0.29, 0.717) is 0 Å². The molecule has 2 aromatic rings. The van der Waals surface area contributed by atoms with Crippen molar-refractivity contribution in [2.75, 3.05) is 0 Å². The molecule has 0 unspecified atom stereocenters. The minimum Gasteiger partial charge on any atom is -0.0955 e. The third-order valence-corrected chi connectivity index (χ3v) is 4.45. The smallest absolute Gasteiger partial charge is 0.0197 e. The number of benzene rings is 2. The van der Waals surface area contributed by atoms with Crippen LogP contribution >= 0.6 is 0 Å². The molecule has 0 atom stereocenters. The van der Waals surface area contributed by atoms with Crippen LogP contribution in [0.1, 0.15) is 75.8 Å². The summed E-state index contributed by atoms with van der Waals surface area (Å²) in [5.74, 6) is 0. The molecular weight excluding hydrogens is 336 g/mol. The summed E-state index contributed by atoms with van der Waals surface area (Å²) in [7, 11) is 0. The van der Waals surface area contributed by atoms with Crippen molar-refractivity contribution in [3.8, 4) is 0 Å². The second kappa shape index (κ2) is 10.9. The fraction of sp³-hybridized carbons (Fsp3) is 0.357. The van der Waals surface area contributed by atoms with E-state index in [1.807, 2.05) is 6.92 Å². The zero-order chi connectivity index (χ0) is 21.3. The van der Waals surface area contributed by atoms with Gasteiger partial charge in [-0.3, -0.25) is 0 Å². The molecule has 2 aromatic carbocycles. The van der Waals surface area contributed by atoms with Crippen molar-refractivity contribution in [1.29, 1.82) is 0 Å². The van der Waals surface area contributed by atoms with Gasteiger partial charge in [0.1, 0.15) is 0 Å². The Kier molecular flexibility index (Phi) is 9.19. The molecule has 150 valence electrons. The van der Waals surface area contributed by atoms with Crippen LogP contribution < -0.4 is 0 Å². The number of hydrogen-bond acceptors (Lipinski definition) is 0. The van der Waals surface area contributed by atoms with Gasteiger partial charge < -0.3 is 0 Å². The molecular formula is C28H38. The Labute approximate surface area is 173 Å². The van der Waals surface area contributed by atoms with Crippen LogP contribution in [0.15, 0.2) is 61.2 Å². The highest BCUT2D eigenvalue weighted by molar-refractivity contribution is 5.68. The van der Waals surface area contributed by atoms with Gasteiger partial charge in [-0.05, 0) is 67.4 Å². The third kappa shape index (κ3) is 8.57. The molecule has 2 rings (SSSR count). The Hall–Kier alpha value is -2.34. The van der Waals surface area contributed by atoms with Gasteiger partial charge in [0.2, 0.25) is 0 Å². The lowest BCUT2D eigenvalue weighted by Gasteiger charge is -2.14. The number of aryl methyl sites for hydroxylation is 2. The Morgan fingerprint density at radius 2 is 1.50 bits per heavy atom. The van der Waals surface area contributed by atoms with Gasteiger partial charge in [0.15, 0.2) is 0 Å². The second-order valence-electron chi connectivity index (χ2n) is 8.72. The van der Waals surface area contributed by atoms with Crippen molar-refractivity contribution in [1.82, 2.24) is 0 Å². The molecule has 0 N–H and O–H groups in total. The summed E-state index contributed by atoms with van der Waals surface area (Å²) < 4.78 is 0. The first-order valence-corrected chi connectivity index (χ1v) is 10.2. The molecule has 0 fully saturated rings. The monoisotopic (exact) mass is 374 g/mol. The summed E-state index contributed by atoms with van der Waals surface area (Å²) in [5.41, 5.74) is 9.22. The van der Waals surface area contributed by atoms with Crippen molar-refractivity contribution in [3.63, 3.8) is 0 Å². The van der Waals surface area contributed by atoms with Gasteiger partial charge in [-0.25, -0.2) is 0 Å². The predicted molar refractivity (Wildman–Crippen MR) is 129 cm³/mol. The fourth-order valence-electron chi connectivity index (χ4n) is 2.93. The minimum absolute atomic E-state index is 0.233. The van der Waals surface area contributed by atoms with Crippen molar-refractivity contribution < 1.29 is 0 Å². The van der Waals surface area contributed by atoms with Crippen LogP contribution in [0.2, 0.25) is 0 Å². The van der Waals surface area contributed by atoms with Gasteiger partial charge in [-0.1, -0.05) is 106 Å². The quantitative estimate of drug-likeness (QED) is 0.501. The maximum atomic E-state index is 3.94. The van der Waals surface area contributed by atoms with E-state index in [0.717, 1.165) is 12.0 Å². The van der Waals surface area contributed by atoms with E-state index in [4.69, 9.17) is 0 Å². The normalized spacial score (nSPS) is 11.9. The van der Waals surface area contributed by atoms with E-state index < -0.39 is 0 Å². The summed E-state index contributed by atoms with van der Waals surface area (Å²) >= 11 is 0. The molecule has 0 amide bonds. The SMILES string of the molecule is C=C(C)c1ccc(/C(C)=C\C(C)(C)C)cc1.CC/C=C\c1cc(C)ccc1C. The van der Waals surface area contributed by atoms with Crippen LogP contribution in [0, 0.1) is 19.3 Å². The van der Waals surface area contributed by atoms with Crippen molar-refractivity contribution in [3.05, 3.63) is 89.0 Å². The van der Waals surface area contributed by atoms with Gasteiger partial charge in [0.25, 0.3) is 0 Å². The first-order valence-electron chi connectivity index (χ1n) is 10.2. The average Bonchev–Trinajstić information content (AvgIpc) is 2.61. The molecule has 0 saturated heterocycles. The van der Waals surface area contributed by atoms with Gasteiger partial charge in [-0.15, -0.1) is 0 Å². The van der Waals surface area contributed by atoms with Crippen molar-refractivity contribution in [2.24, 2.45) is 5.41 Å². The van der Waals surface area contributed by atoms with Gasteiger partial charge in [-0.2, -0.15) is 0 Å². The Bertz CT molecular complexity index is 821. The Morgan fingerprint density at radius 1 is 0.929 bits per heavy atom. The maximum absolute atomic E-state index is 3.94. The zero-order valence-electron chi connectivity index (χ0n) is 19.2. The third-order valence-electron chi connectivity index (χ3n) is 4.45. The van der Waals surface area contributed by atoms with Gasteiger partial charge in [0, 0.05) is 0 Å². The number of hydrogen-bond donors (Lipinski definition) is 0. The predicted octanol–water partition coefficient (Wildman–Crippen LogP) is 8.90. The van der Waals surface area contributed by atoms with Crippen LogP contribution in [-0.2, 0) is 0 Å². The first-order chi connectivity index (χ1) is 13.0. The summed E-state index contributed by atoms with van der Waals surface area (Å²) in [6, 6.07) is 15.2. The van der Waals surface area contributed by atoms with E-state index in [1.165, 1.54) is 33.4 Å². The van der Waals surface area contributed by atoms with Gasteiger partial charge >= 0.3 is 0 Å². The van der Waals surface area contributed by atoms with E-state index in [-0.39, 0.29) is 5.41 Å². The molecule has 0 radical (unpaired) electrons. The lowest BCUT2D eigenvalue weighted by molar-refractivity contribution is 0.545. The van der Waals surface area contributed by atoms with Crippen LogP contribution in [0.4, 0.5) is 0 Å². The second-order valence-corrected chi connectivity index (χ2v) is 8.72. The number of allylic oxidation sites excluding steroid dienone is 4. The summed E-state index contributed by atoms with van der Waals surface area (Å²) in [6.07, 6.45) is 7.81. The molecule has 0 aliphatic heterocycles. The Balaban J connectivity index is 0.000000292. The highest BCUT2D eigenvalue weighted by atomic mass is 14.1. The van der Waals surface area contributed by atoms with Gasteiger partial charge in [0.05, 0.1) is 0 Å². The molecule has 28 heavy (non-hydrogen) atoms. The van der Waals surface area contributed by atoms with Crippen LogP contribution in [-0.4, -0.2) is 0 Å². The first kappa shape index (κ1) is 23.7. The van der Waals surface area contributed by atoms with Crippen molar-refractivity contribution >= 4 is 17.2 Å². The van der Waals surface area contributed by atoms with Crippen LogP contribution in [0.3, 0.4) is 0 Å². The zero-order valence-corrected chi connectivity index (χ0v) is 19.2. The molecule has 0 aromatic heterocycles. The summed E-state index contributed by atoms with van der Waals surface area (Å²) in [6.45, 7) is 21.2. The largest absolute Gasteiger partial charge is 0.0955 e. The van der Waals surface area contributed by atoms with E-state index in [9.17, 15) is 0 Å². The highest BCUT2D eigenvalue weighted by Crippen LogP contribution is 2.24. The van der Waals surface area contributed by atoms with Crippen LogP contribution in [0.25, 0.3) is 17.2 Å². The molecule has 0 heteroatoms. The van der Waals surface area contributed by atoms with E-state index in [1.54, 1.807) is 0 Å². The Morgan fingerprint density at radius 3 is 2.00 bits per heavy atom. The standard InChI is InChI=1S/C16H22.C12H16/c1-12(2)14-7-9-15(10-8-14)13(3)11-16(4,5)6;1-4-5-6-12-9-10(2)7-8-11(12)3/h7-11H,1H2,2-6H3;5-9H,4H2,1-3H3/b13-11-;6-5-. The minimum atomic E-state index is 0.233. The maximum Gasteiger partial charge on any atom is -0.0197 e. The lowest BCUT2D eigenvalue weighted by atomic mass is 9.91. The summed E-state index contributed by atoms with van der Waals surface area (Å²) in [5, 5.41) is 0. The highest BCUT2D eigenvalue weighted by Gasteiger charge is 2.07. The molecule has 0 aliphatic rings. The molecule has 0 nitrogen and oxygen atoms in total. The molecule has 0 saturated carbocycles. The molecule has 0 spiro atoms. The number of rotatable bonds is 4. The summed E-state index contributed by atoms with van der Waals surface area (Å²) in [4.78, 5) is 0. The fourth-order valence-corrected chi connectivity index (χ4v) is 2.93. The lowest BCUT2D eigenvalue weighted by Crippen LogP contribution is -2.00. The van der Waals surface area contributed by atoms with E-state index in [2.05, 4.69) is 116 Å². The molecule has 0 heterocycles. The topological polar surface area (TPSA) is 0 Å². The van der Waals surface area contributed by atoms with E-state index >= 15 is 0 Å².